The number of hydrogen-bond acceptors (Lipinski definition) is 1. The zero-order valence-electron chi connectivity index (χ0n) is 21.5. The Hall–Kier alpha value is -2.38. The first-order valence-electron chi connectivity index (χ1n) is 13.7. The molecule has 0 radical (unpaired) electrons. The minimum Gasteiger partial charge on any atom is -0.303 e. The molecule has 0 saturated carbocycles. The Kier molecular flexibility index (Phi) is 11.4. The third-order valence-electron chi connectivity index (χ3n) is 7.34. The van der Waals surface area contributed by atoms with E-state index < -0.39 is 0 Å². The van der Waals surface area contributed by atoms with E-state index in [0.717, 1.165) is 6.54 Å². The van der Waals surface area contributed by atoms with E-state index in [1.807, 2.05) is 0 Å². The Morgan fingerprint density at radius 2 is 0.971 bits per heavy atom. The normalized spacial score (nSPS) is 12.5. The SMILES string of the molecule is CCCCCCCCCCCCNC(c1ccccc1)(c1ccccc1)C(C)c1ccccc1. The van der Waals surface area contributed by atoms with Crippen LogP contribution in [-0.4, -0.2) is 6.54 Å². The van der Waals surface area contributed by atoms with E-state index in [4.69, 9.17) is 0 Å². The summed E-state index contributed by atoms with van der Waals surface area (Å²) in [5, 5.41) is 4.09. The third-order valence-corrected chi connectivity index (χ3v) is 7.34. The van der Waals surface area contributed by atoms with Crippen molar-refractivity contribution in [1.29, 1.82) is 0 Å². The van der Waals surface area contributed by atoms with Gasteiger partial charge in [0.1, 0.15) is 0 Å². The summed E-state index contributed by atoms with van der Waals surface area (Å²) in [4.78, 5) is 0. The fourth-order valence-electron chi connectivity index (χ4n) is 5.32. The van der Waals surface area contributed by atoms with Crippen LogP contribution in [0.4, 0.5) is 0 Å². The van der Waals surface area contributed by atoms with Gasteiger partial charge in [0.2, 0.25) is 0 Å². The molecule has 0 fully saturated rings. The lowest BCUT2D eigenvalue weighted by Gasteiger charge is -2.42. The highest BCUT2D eigenvalue weighted by Gasteiger charge is 2.39. The first kappa shape index (κ1) is 26.2. The first-order chi connectivity index (χ1) is 16.8. The molecule has 3 aromatic rings. The van der Waals surface area contributed by atoms with Gasteiger partial charge in [-0.3, -0.25) is 0 Å². The van der Waals surface area contributed by atoms with Crippen LogP contribution in [0.3, 0.4) is 0 Å². The standard InChI is InChI=1S/C33H45N/c1-3-4-5-6-7-8-9-10-11-21-28-34-33(31-24-17-13-18-25-31,32-26-19-14-20-27-32)29(2)30-22-15-12-16-23-30/h12-20,22-27,29,34H,3-11,21,28H2,1-2H3. The highest BCUT2D eigenvalue weighted by Crippen LogP contribution is 2.42. The van der Waals surface area contributed by atoms with Crippen molar-refractivity contribution in [3.05, 3.63) is 108 Å². The maximum atomic E-state index is 4.09. The Morgan fingerprint density at radius 1 is 0.559 bits per heavy atom. The summed E-state index contributed by atoms with van der Waals surface area (Å²) < 4.78 is 0. The maximum Gasteiger partial charge on any atom is 0.0757 e. The summed E-state index contributed by atoms with van der Waals surface area (Å²) in [6, 6.07) is 33.1. The number of hydrogen-bond donors (Lipinski definition) is 1. The van der Waals surface area contributed by atoms with Gasteiger partial charge in [0, 0.05) is 5.92 Å². The summed E-state index contributed by atoms with van der Waals surface area (Å²) in [7, 11) is 0. The van der Waals surface area contributed by atoms with Crippen LogP contribution in [0.15, 0.2) is 91.0 Å². The van der Waals surface area contributed by atoms with Gasteiger partial charge >= 0.3 is 0 Å². The molecule has 0 aliphatic rings. The molecule has 1 N–H and O–H groups in total. The highest BCUT2D eigenvalue weighted by atomic mass is 15.0. The van der Waals surface area contributed by atoms with Gasteiger partial charge in [0.25, 0.3) is 0 Å². The summed E-state index contributed by atoms with van der Waals surface area (Å²) in [5.41, 5.74) is 3.78. The molecule has 0 amide bonds. The van der Waals surface area contributed by atoms with Gasteiger partial charge in [-0.25, -0.2) is 0 Å². The van der Waals surface area contributed by atoms with Gasteiger partial charge in [-0.2, -0.15) is 0 Å². The van der Waals surface area contributed by atoms with E-state index in [1.54, 1.807) is 0 Å². The van der Waals surface area contributed by atoms with Crippen LogP contribution >= 0.6 is 0 Å². The van der Waals surface area contributed by atoms with E-state index in [-0.39, 0.29) is 5.54 Å². The molecular weight excluding hydrogens is 410 g/mol. The third kappa shape index (κ3) is 7.31. The molecule has 1 atom stereocenters. The van der Waals surface area contributed by atoms with E-state index in [1.165, 1.54) is 80.9 Å². The number of rotatable bonds is 16. The number of benzene rings is 3. The Morgan fingerprint density at radius 3 is 1.44 bits per heavy atom. The molecule has 0 aromatic heterocycles. The van der Waals surface area contributed by atoms with Crippen LogP contribution in [0.1, 0.15) is 101 Å². The molecule has 0 aliphatic heterocycles. The van der Waals surface area contributed by atoms with Crippen molar-refractivity contribution in [3.8, 4) is 0 Å². The molecule has 3 rings (SSSR count). The average Bonchev–Trinajstić information content (AvgIpc) is 2.91. The second kappa shape index (κ2) is 14.8. The van der Waals surface area contributed by atoms with Crippen molar-refractivity contribution in [2.45, 2.75) is 89.5 Å². The van der Waals surface area contributed by atoms with Gasteiger partial charge in [0.15, 0.2) is 0 Å². The first-order valence-corrected chi connectivity index (χ1v) is 13.7. The van der Waals surface area contributed by atoms with Crippen LogP contribution in [0.25, 0.3) is 0 Å². The van der Waals surface area contributed by atoms with E-state index in [9.17, 15) is 0 Å². The van der Waals surface area contributed by atoms with Crippen LogP contribution < -0.4 is 5.32 Å². The van der Waals surface area contributed by atoms with E-state index >= 15 is 0 Å². The summed E-state index contributed by atoms with van der Waals surface area (Å²) >= 11 is 0. The molecule has 0 spiro atoms. The Bertz CT molecular complexity index is 848. The fraction of sp³-hybridized carbons (Fsp3) is 0.455. The van der Waals surface area contributed by atoms with Gasteiger partial charge in [-0.05, 0) is 29.7 Å². The summed E-state index contributed by atoms with van der Waals surface area (Å²) in [6.45, 7) is 5.69. The Labute approximate surface area is 209 Å². The highest BCUT2D eigenvalue weighted by molar-refractivity contribution is 5.43. The molecule has 1 unspecified atom stereocenters. The van der Waals surface area contributed by atoms with Crippen molar-refractivity contribution >= 4 is 0 Å². The second-order valence-electron chi connectivity index (χ2n) is 9.78. The van der Waals surface area contributed by atoms with Crippen LogP contribution in [0, 0.1) is 0 Å². The van der Waals surface area contributed by atoms with Crippen molar-refractivity contribution < 1.29 is 0 Å². The maximum absolute atomic E-state index is 4.09. The second-order valence-corrected chi connectivity index (χ2v) is 9.78. The summed E-state index contributed by atoms with van der Waals surface area (Å²) in [5.74, 6) is 0.293. The topological polar surface area (TPSA) is 12.0 Å². The molecule has 182 valence electrons. The van der Waals surface area contributed by atoms with Crippen LogP contribution in [0.2, 0.25) is 0 Å². The minimum absolute atomic E-state index is 0.261. The van der Waals surface area contributed by atoms with Crippen molar-refractivity contribution in [2.75, 3.05) is 6.54 Å². The predicted molar refractivity (Wildman–Crippen MR) is 148 cm³/mol. The lowest BCUT2D eigenvalue weighted by Crippen LogP contribution is -2.48. The largest absolute Gasteiger partial charge is 0.303 e. The van der Waals surface area contributed by atoms with E-state index in [0.29, 0.717) is 5.92 Å². The number of unbranched alkanes of at least 4 members (excludes halogenated alkanes) is 9. The molecular formula is C33H45N. The van der Waals surface area contributed by atoms with Crippen molar-refractivity contribution in [2.24, 2.45) is 0 Å². The lowest BCUT2D eigenvalue weighted by atomic mass is 9.71. The molecule has 1 heteroatoms. The van der Waals surface area contributed by atoms with Gasteiger partial charge < -0.3 is 5.32 Å². The fourth-order valence-corrected chi connectivity index (χ4v) is 5.32. The van der Waals surface area contributed by atoms with Crippen LogP contribution in [0.5, 0.6) is 0 Å². The molecule has 0 heterocycles. The van der Waals surface area contributed by atoms with Crippen LogP contribution in [-0.2, 0) is 5.54 Å². The van der Waals surface area contributed by atoms with E-state index in [2.05, 4.69) is 110 Å². The minimum atomic E-state index is -0.261. The molecule has 0 bridgehead atoms. The lowest BCUT2D eigenvalue weighted by molar-refractivity contribution is 0.337. The monoisotopic (exact) mass is 455 g/mol. The molecule has 3 aromatic carbocycles. The predicted octanol–water partition coefficient (Wildman–Crippen LogP) is 9.24. The average molecular weight is 456 g/mol. The smallest absolute Gasteiger partial charge is 0.0757 e. The van der Waals surface area contributed by atoms with Crippen molar-refractivity contribution in [3.63, 3.8) is 0 Å². The van der Waals surface area contributed by atoms with Crippen molar-refractivity contribution in [1.82, 2.24) is 5.32 Å². The van der Waals surface area contributed by atoms with Gasteiger partial charge in [0.05, 0.1) is 5.54 Å². The van der Waals surface area contributed by atoms with Gasteiger partial charge in [-0.15, -0.1) is 0 Å². The molecule has 34 heavy (non-hydrogen) atoms. The Balaban J connectivity index is 1.69. The van der Waals surface area contributed by atoms with Gasteiger partial charge in [-0.1, -0.05) is 163 Å². The zero-order chi connectivity index (χ0) is 23.9. The quantitative estimate of drug-likeness (QED) is 0.212. The summed E-state index contributed by atoms with van der Waals surface area (Å²) in [6.07, 6.45) is 13.7. The molecule has 0 aliphatic carbocycles. The number of nitrogens with one attached hydrogen (secondary N) is 1. The molecule has 1 nitrogen and oxygen atoms in total. The zero-order valence-corrected chi connectivity index (χ0v) is 21.5. The molecule has 0 saturated heterocycles.